The molecular weight excluding hydrogens is 234 g/mol. The highest BCUT2D eigenvalue weighted by atomic mass is 16.5. The molecule has 1 aliphatic heterocycles. The summed E-state index contributed by atoms with van der Waals surface area (Å²) in [5.41, 5.74) is 8.53. The SMILES string of the molecule is COc1cc(-c2cc(N)on2)cc2c1NC(=O)C2. The topological polar surface area (TPSA) is 90.4 Å². The first-order valence-corrected chi connectivity index (χ1v) is 5.40. The number of nitrogens with one attached hydrogen (secondary N) is 1. The Morgan fingerprint density at radius 1 is 1.44 bits per heavy atom. The molecule has 6 heteroatoms. The second kappa shape index (κ2) is 3.76. The number of methoxy groups -OCH3 is 1. The molecule has 0 unspecified atom stereocenters. The molecule has 0 spiro atoms. The molecule has 2 heterocycles. The summed E-state index contributed by atoms with van der Waals surface area (Å²) in [6.07, 6.45) is 0.340. The largest absolute Gasteiger partial charge is 0.495 e. The molecule has 1 amide bonds. The van der Waals surface area contributed by atoms with Crippen LogP contribution in [0.4, 0.5) is 11.6 Å². The maximum absolute atomic E-state index is 11.4. The van der Waals surface area contributed by atoms with Crippen LogP contribution in [0.2, 0.25) is 0 Å². The van der Waals surface area contributed by atoms with Crippen molar-refractivity contribution in [3.8, 4) is 17.0 Å². The molecule has 0 radical (unpaired) electrons. The van der Waals surface area contributed by atoms with E-state index in [1.807, 2.05) is 6.07 Å². The number of anilines is 2. The lowest BCUT2D eigenvalue weighted by molar-refractivity contribution is -0.115. The molecule has 6 nitrogen and oxygen atoms in total. The van der Waals surface area contributed by atoms with E-state index in [1.54, 1.807) is 19.2 Å². The molecular formula is C12H11N3O3. The summed E-state index contributed by atoms with van der Waals surface area (Å²) >= 11 is 0. The Hall–Kier alpha value is -2.50. The highest BCUT2D eigenvalue weighted by molar-refractivity contribution is 6.01. The van der Waals surface area contributed by atoms with Gasteiger partial charge in [0.25, 0.3) is 0 Å². The molecule has 1 aromatic carbocycles. The zero-order chi connectivity index (χ0) is 12.7. The molecule has 1 aliphatic rings. The van der Waals surface area contributed by atoms with Gasteiger partial charge in [-0.25, -0.2) is 0 Å². The van der Waals surface area contributed by atoms with Crippen LogP contribution in [-0.2, 0) is 11.2 Å². The molecule has 92 valence electrons. The summed E-state index contributed by atoms with van der Waals surface area (Å²) in [6, 6.07) is 5.31. The van der Waals surface area contributed by atoms with Crippen LogP contribution >= 0.6 is 0 Å². The summed E-state index contributed by atoms with van der Waals surface area (Å²) in [5, 5.41) is 6.61. The minimum atomic E-state index is -0.0416. The first-order valence-electron chi connectivity index (χ1n) is 5.40. The average Bonchev–Trinajstić information content (AvgIpc) is 2.92. The zero-order valence-corrected chi connectivity index (χ0v) is 9.69. The lowest BCUT2D eigenvalue weighted by atomic mass is 10.1. The van der Waals surface area contributed by atoms with Gasteiger partial charge in [-0.2, -0.15) is 0 Å². The maximum Gasteiger partial charge on any atom is 0.228 e. The van der Waals surface area contributed by atoms with Crippen molar-refractivity contribution in [2.24, 2.45) is 0 Å². The van der Waals surface area contributed by atoms with Gasteiger partial charge in [-0.3, -0.25) is 4.79 Å². The minimum Gasteiger partial charge on any atom is -0.495 e. The lowest BCUT2D eigenvalue weighted by Crippen LogP contribution is -2.04. The molecule has 18 heavy (non-hydrogen) atoms. The number of fused-ring (bicyclic) bond motifs is 1. The molecule has 0 fully saturated rings. The van der Waals surface area contributed by atoms with Gasteiger partial charge in [0.05, 0.1) is 19.2 Å². The third kappa shape index (κ3) is 1.58. The summed E-state index contributed by atoms with van der Waals surface area (Å²) in [5.74, 6) is 0.814. The van der Waals surface area contributed by atoms with Crippen molar-refractivity contribution in [3.05, 3.63) is 23.8 Å². The molecule has 2 aromatic rings. The van der Waals surface area contributed by atoms with Crippen molar-refractivity contribution >= 4 is 17.5 Å². The van der Waals surface area contributed by atoms with E-state index in [-0.39, 0.29) is 11.8 Å². The van der Waals surface area contributed by atoms with Gasteiger partial charge in [0.15, 0.2) is 0 Å². The van der Waals surface area contributed by atoms with Crippen LogP contribution < -0.4 is 15.8 Å². The first-order chi connectivity index (χ1) is 8.67. The lowest BCUT2D eigenvalue weighted by Gasteiger charge is -2.08. The van der Waals surface area contributed by atoms with Crippen molar-refractivity contribution in [1.82, 2.24) is 5.16 Å². The molecule has 1 aromatic heterocycles. The number of aromatic nitrogens is 1. The Kier molecular flexibility index (Phi) is 2.22. The molecule has 3 N–H and O–H groups in total. The predicted molar refractivity (Wildman–Crippen MR) is 65.2 cm³/mol. The summed E-state index contributed by atoms with van der Waals surface area (Å²) in [6.45, 7) is 0. The van der Waals surface area contributed by atoms with Crippen LogP contribution in [0.25, 0.3) is 11.3 Å². The standard InChI is InChI=1S/C12H11N3O3/c1-17-9-3-6(8-5-10(13)18-15-8)2-7-4-11(16)14-12(7)9/h2-3,5H,4,13H2,1H3,(H,14,16). The summed E-state index contributed by atoms with van der Waals surface area (Å²) in [4.78, 5) is 11.4. The highest BCUT2D eigenvalue weighted by Gasteiger charge is 2.23. The quantitative estimate of drug-likeness (QED) is 0.835. The number of ether oxygens (including phenoxy) is 1. The molecule has 0 saturated carbocycles. The minimum absolute atomic E-state index is 0.0416. The van der Waals surface area contributed by atoms with Crippen LogP contribution in [-0.4, -0.2) is 18.2 Å². The second-order valence-electron chi connectivity index (χ2n) is 4.05. The molecule has 0 atom stereocenters. The molecule has 0 aliphatic carbocycles. The van der Waals surface area contributed by atoms with Crippen molar-refractivity contribution in [3.63, 3.8) is 0 Å². The number of rotatable bonds is 2. The van der Waals surface area contributed by atoms with E-state index in [0.29, 0.717) is 17.9 Å². The van der Waals surface area contributed by atoms with Crippen LogP contribution in [0, 0.1) is 0 Å². The van der Waals surface area contributed by atoms with Crippen LogP contribution in [0.5, 0.6) is 5.75 Å². The molecule has 0 saturated heterocycles. The van der Waals surface area contributed by atoms with Crippen LogP contribution in [0.15, 0.2) is 22.7 Å². The smallest absolute Gasteiger partial charge is 0.228 e. The number of nitrogen functional groups attached to an aromatic ring is 1. The summed E-state index contributed by atoms with van der Waals surface area (Å²) < 4.78 is 10.1. The monoisotopic (exact) mass is 245 g/mol. The maximum atomic E-state index is 11.4. The number of amides is 1. The zero-order valence-electron chi connectivity index (χ0n) is 9.69. The Bertz CT molecular complexity index is 633. The van der Waals surface area contributed by atoms with Crippen LogP contribution in [0.3, 0.4) is 0 Å². The van der Waals surface area contributed by atoms with Crippen molar-refractivity contribution in [1.29, 1.82) is 0 Å². The van der Waals surface area contributed by atoms with Crippen molar-refractivity contribution in [2.75, 3.05) is 18.2 Å². The van der Waals surface area contributed by atoms with Crippen molar-refractivity contribution in [2.45, 2.75) is 6.42 Å². The van der Waals surface area contributed by atoms with E-state index in [0.717, 1.165) is 16.8 Å². The highest BCUT2D eigenvalue weighted by Crippen LogP contribution is 2.37. The number of carbonyl (C=O) groups excluding carboxylic acids is 1. The van der Waals surface area contributed by atoms with Gasteiger partial charge >= 0.3 is 0 Å². The van der Waals surface area contributed by atoms with Gasteiger partial charge in [0.2, 0.25) is 11.8 Å². The number of nitrogens with two attached hydrogens (primary N) is 1. The Morgan fingerprint density at radius 3 is 2.94 bits per heavy atom. The number of hydrogen-bond acceptors (Lipinski definition) is 5. The fourth-order valence-corrected chi connectivity index (χ4v) is 2.05. The van der Waals surface area contributed by atoms with Gasteiger partial charge < -0.3 is 20.3 Å². The van der Waals surface area contributed by atoms with Gasteiger partial charge in [0.1, 0.15) is 11.4 Å². The third-order valence-electron chi connectivity index (χ3n) is 2.84. The van der Waals surface area contributed by atoms with Gasteiger partial charge in [-0.05, 0) is 17.7 Å². The van der Waals surface area contributed by atoms with E-state index in [2.05, 4.69) is 10.5 Å². The van der Waals surface area contributed by atoms with Gasteiger partial charge in [-0.15, -0.1) is 0 Å². The van der Waals surface area contributed by atoms with Gasteiger partial charge in [0, 0.05) is 11.6 Å². The normalized spacial score (nSPS) is 13.3. The number of benzene rings is 1. The first kappa shape index (κ1) is 10.6. The summed E-state index contributed by atoms with van der Waals surface area (Å²) in [7, 11) is 1.56. The predicted octanol–water partition coefficient (Wildman–Crippen LogP) is 1.43. The van der Waals surface area contributed by atoms with E-state index >= 15 is 0 Å². The number of hydrogen-bond donors (Lipinski definition) is 2. The third-order valence-corrected chi connectivity index (χ3v) is 2.84. The average molecular weight is 245 g/mol. The molecule has 0 bridgehead atoms. The number of carbonyl (C=O) groups is 1. The van der Waals surface area contributed by atoms with E-state index in [4.69, 9.17) is 15.0 Å². The van der Waals surface area contributed by atoms with Crippen molar-refractivity contribution < 1.29 is 14.1 Å². The van der Waals surface area contributed by atoms with E-state index < -0.39 is 0 Å². The Labute approximate surface area is 103 Å². The fourth-order valence-electron chi connectivity index (χ4n) is 2.05. The van der Waals surface area contributed by atoms with E-state index in [9.17, 15) is 4.79 Å². The molecule has 3 rings (SSSR count). The Morgan fingerprint density at radius 2 is 2.28 bits per heavy atom. The fraction of sp³-hybridized carbons (Fsp3) is 0.167. The van der Waals surface area contributed by atoms with E-state index in [1.165, 1.54) is 0 Å². The number of nitrogens with zero attached hydrogens (tertiary/aromatic N) is 1. The Balaban J connectivity index is 2.13. The second-order valence-corrected chi connectivity index (χ2v) is 4.05. The van der Waals surface area contributed by atoms with Gasteiger partial charge in [-0.1, -0.05) is 5.16 Å². The van der Waals surface area contributed by atoms with Crippen LogP contribution in [0.1, 0.15) is 5.56 Å².